The molecule has 3 aromatic rings. The van der Waals surface area contributed by atoms with E-state index in [2.05, 4.69) is 4.72 Å². The predicted molar refractivity (Wildman–Crippen MR) is 118 cm³/mol. The molecule has 0 saturated carbocycles. The molecule has 29 heavy (non-hydrogen) atoms. The average Bonchev–Trinajstić information content (AvgIpc) is 3.01. The number of aromatic nitrogens is 1. The van der Waals surface area contributed by atoms with Crippen molar-refractivity contribution in [2.75, 3.05) is 7.11 Å². The van der Waals surface area contributed by atoms with Crippen LogP contribution in [-0.2, 0) is 10.0 Å². The first-order valence-corrected chi connectivity index (χ1v) is 11.8. The van der Waals surface area contributed by atoms with Crippen LogP contribution in [0.25, 0.3) is 10.2 Å². The highest BCUT2D eigenvalue weighted by Crippen LogP contribution is 2.28. The lowest BCUT2D eigenvalue weighted by Crippen LogP contribution is -2.28. The summed E-state index contributed by atoms with van der Waals surface area (Å²) >= 11 is 1.07. The van der Waals surface area contributed by atoms with Gasteiger partial charge in [0.15, 0.2) is 0 Å². The molecule has 0 saturated heterocycles. The van der Waals surface area contributed by atoms with Gasteiger partial charge in [0.25, 0.3) is 0 Å². The predicted octanol–water partition coefficient (Wildman–Crippen LogP) is 4.39. The van der Waals surface area contributed by atoms with Crippen LogP contribution in [0, 0.1) is 6.92 Å². The zero-order chi connectivity index (χ0) is 21.3. The minimum atomic E-state index is -3.75. The number of nitrogens with zero attached hydrogens (tertiary/aromatic N) is 1. The van der Waals surface area contributed by atoms with Gasteiger partial charge in [-0.1, -0.05) is 30.4 Å². The number of sulfonamides is 1. The second-order valence-electron chi connectivity index (χ2n) is 7.27. The lowest BCUT2D eigenvalue weighted by atomic mass is 10.0. The van der Waals surface area contributed by atoms with Crippen LogP contribution in [0.15, 0.2) is 46.1 Å². The number of thiazole rings is 1. The van der Waals surface area contributed by atoms with Crippen LogP contribution in [0.3, 0.4) is 0 Å². The number of hydrogen-bond acceptors (Lipinski definition) is 5. The maximum Gasteiger partial charge on any atom is 0.308 e. The quantitative estimate of drug-likeness (QED) is 0.598. The zero-order valence-corrected chi connectivity index (χ0v) is 18.9. The van der Waals surface area contributed by atoms with Crippen molar-refractivity contribution in [3.63, 3.8) is 0 Å². The molecule has 1 aromatic heterocycles. The molecular formula is C21H26N2O4S2. The van der Waals surface area contributed by atoms with E-state index in [1.807, 2.05) is 45.9 Å². The second kappa shape index (κ2) is 8.30. The number of methoxy groups -OCH3 is 1. The van der Waals surface area contributed by atoms with Crippen molar-refractivity contribution >= 4 is 31.6 Å². The number of fused-ring (bicyclic) bond motifs is 1. The maximum absolute atomic E-state index is 13.0. The van der Waals surface area contributed by atoms with E-state index in [9.17, 15) is 13.2 Å². The molecule has 156 valence electrons. The monoisotopic (exact) mass is 434 g/mol. The molecule has 1 unspecified atom stereocenters. The maximum atomic E-state index is 13.0. The van der Waals surface area contributed by atoms with E-state index in [0.717, 1.165) is 33.7 Å². The van der Waals surface area contributed by atoms with Crippen molar-refractivity contribution in [2.45, 2.75) is 51.1 Å². The fourth-order valence-corrected chi connectivity index (χ4v) is 5.89. The summed E-state index contributed by atoms with van der Waals surface area (Å²) in [5.74, 6) is 0.765. The first kappa shape index (κ1) is 21.5. The Hall–Kier alpha value is -2.16. The van der Waals surface area contributed by atoms with Crippen LogP contribution in [0.2, 0.25) is 0 Å². The average molecular weight is 435 g/mol. The molecule has 0 aliphatic carbocycles. The van der Waals surface area contributed by atoms with Gasteiger partial charge in [0.2, 0.25) is 10.0 Å². The molecule has 0 amide bonds. The van der Waals surface area contributed by atoms with E-state index >= 15 is 0 Å². The standard InChI is InChI=1S/C21H26N2O4S2/c1-6-17(15-7-10-19(27-5)14(4)11-15)22-29(25,26)16-8-9-18-20(12-16)28-21(24)23(18)13(2)3/h7-13,17,22H,6H2,1-5H3. The van der Waals surface area contributed by atoms with E-state index < -0.39 is 10.0 Å². The van der Waals surface area contributed by atoms with Crippen LogP contribution in [0.1, 0.15) is 50.4 Å². The van der Waals surface area contributed by atoms with Gasteiger partial charge in [-0.3, -0.25) is 9.36 Å². The topological polar surface area (TPSA) is 77.4 Å². The summed E-state index contributed by atoms with van der Waals surface area (Å²) in [5.41, 5.74) is 2.58. The minimum absolute atomic E-state index is 0.0135. The third-order valence-electron chi connectivity index (χ3n) is 4.94. The SMILES string of the molecule is CCC(NS(=O)(=O)c1ccc2c(c1)sc(=O)n2C(C)C)c1ccc(OC)c(C)c1. The molecule has 2 aromatic carbocycles. The van der Waals surface area contributed by atoms with E-state index in [-0.39, 0.29) is 21.9 Å². The molecular weight excluding hydrogens is 408 g/mol. The Morgan fingerprint density at radius 1 is 1.17 bits per heavy atom. The van der Waals surface area contributed by atoms with Crippen molar-refractivity contribution in [1.82, 2.24) is 9.29 Å². The first-order valence-electron chi connectivity index (χ1n) is 9.50. The number of hydrogen-bond donors (Lipinski definition) is 1. The summed E-state index contributed by atoms with van der Waals surface area (Å²) in [7, 11) is -2.14. The Kier molecular flexibility index (Phi) is 6.16. The molecule has 3 rings (SSSR count). The molecule has 8 heteroatoms. The fourth-order valence-electron chi connectivity index (χ4n) is 3.43. The normalized spacial score (nSPS) is 13.2. The lowest BCUT2D eigenvalue weighted by Gasteiger charge is -2.19. The molecule has 0 spiro atoms. The van der Waals surface area contributed by atoms with Gasteiger partial charge < -0.3 is 4.74 Å². The second-order valence-corrected chi connectivity index (χ2v) is 9.98. The number of benzene rings is 2. The van der Waals surface area contributed by atoms with Crippen LogP contribution in [-0.4, -0.2) is 20.1 Å². The molecule has 0 bridgehead atoms. The Balaban J connectivity index is 1.95. The minimum Gasteiger partial charge on any atom is -0.496 e. The van der Waals surface area contributed by atoms with Crippen molar-refractivity contribution in [3.8, 4) is 5.75 Å². The highest BCUT2D eigenvalue weighted by Gasteiger charge is 2.22. The fraction of sp³-hybridized carbons (Fsp3) is 0.381. The number of ether oxygens (including phenoxy) is 1. The highest BCUT2D eigenvalue weighted by molar-refractivity contribution is 7.89. The van der Waals surface area contributed by atoms with E-state index in [0.29, 0.717) is 11.1 Å². The molecule has 1 N–H and O–H groups in total. The van der Waals surface area contributed by atoms with Crippen molar-refractivity contribution < 1.29 is 13.2 Å². The Labute approximate surface area is 175 Å². The Morgan fingerprint density at radius 3 is 2.48 bits per heavy atom. The van der Waals surface area contributed by atoms with Gasteiger partial charge in [-0.05, 0) is 62.6 Å². The summed E-state index contributed by atoms with van der Waals surface area (Å²) in [4.78, 5) is 12.3. The molecule has 1 atom stereocenters. The van der Waals surface area contributed by atoms with E-state index in [4.69, 9.17) is 4.74 Å². The van der Waals surface area contributed by atoms with E-state index in [1.54, 1.807) is 29.9 Å². The van der Waals surface area contributed by atoms with Crippen LogP contribution in [0.5, 0.6) is 5.75 Å². The number of nitrogens with one attached hydrogen (secondary N) is 1. The number of aryl methyl sites for hydroxylation is 1. The molecule has 1 heterocycles. The summed E-state index contributed by atoms with van der Waals surface area (Å²) in [5, 5.41) is 0. The van der Waals surface area contributed by atoms with Gasteiger partial charge in [-0.15, -0.1) is 0 Å². The Bertz CT molecular complexity index is 1190. The Morgan fingerprint density at radius 2 is 1.90 bits per heavy atom. The molecule has 0 radical (unpaired) electrons. The molecule has 0 aliphatic rings. The zero-order valence-electron chi connectivity index (χ0n) is 17.2. The van der Waals surface area contributed by atoms with Crippen molar-refractivity contribution in [1.29, 1.82) is 0 Å². The number of rotatable bonds is 7. The summed E-state index contributed by atoms with van der Waals surface area (Å²) in [6.45, 7) is 7.73. The van der Waals surface area contributed by atoms with E-state index in [1.165, 1.54) is 0 Å². The van der Waals surface area contributed by atoms with Gasteiger partial charge >= 0.3 is 4.87 Å². The van der Waals surface area contributed by atoms with Crippen LogP contribution >= 0.6 is 11.3 Å². The summed E-state index contributed by atoms with van der Waals surface area (Å²) < 4.78 is 36.5. The smallest absolute Gasteiger partial charge is 0.308 e. The van der Waals surface area contributed by atoms with Gasteiger partial charge in [0.05, 0.1) is 22.2 Å². The summed E-state index contributed by atoms with van der Waals surface area (Å²) in [6, 6.07) is 10.2. The van der Waals surface area contributed by atoms with Crippen molar-refractivity contribution in [3.05, 3.63) is 57.2 Å². The third kappa shape index (κ3) is 4.24. The van der Waals surface area contributed by atoms with Gasteiger partial charge in [-0.2, -0.15) is 0 Å². The lowest BCUT2D eigenvalue weighted by molar-refractivity contribution is 0.411. The van der Waals surface area contributed by atoms with Crippen LogP contribution < -0.4 is 14.3 Å². The summed E-state index contributed by atoms with van der Waals surface area (Å²) in [6.07, 6.45) is 0.601. The molecule has 0 fully saturated rings. The van der Waals surface area contributed by atoms with Crippen molar-refractivity contribution in [2.24, 2.45) is 0 Å². The van der Waals surface area contributed by atoms with Gasteiger partial charge in [-0.25, -0.2) is 13.1 Å². The van der Waals surface area contributed by atoms with Gasteiger partial charge in [0.1, 0.15) is 5.75 Å². The molecule has 0 aliphatic heterocycles. The molecule has 6 nitrogen and oxygen atoms in total. The van der Waals surface area contributed by atoms with Crippen LogP contribution in [0.4, 0.5) is 0 Å². The first-order chi connectivity index (χ1) is 13.7. The highest BCUT2D eigenvalue weighted by atomic mass is 32.2. The van der Waals surface area contributed by atoms with Gasteiger partial charge in [0, 0.05) is 12.1 Å². The third-order valence-corrected chi connectivity index (χ3v) is 7.33. The largest absolute Gasteiger partial charge is 0.496 e.